The van der Waals surface area contributed by atoms with Crippen molar-refractivity contribution in [3.8, 4) is 0 Å². The summed E-state index contributed by atoms with van der Waals surface area (Å²) in [5, 5.41) is 3.86. The Balaban J connectivity index is 2.78. The first kappa shape index (κ1) is 15.1. The van der Waals surface area contributed by atoms with Crippen LogP contribution in [0.15, 0.2) is 4.90 Å². The second-order valence-electron chi connectivity index (χ2n) is 3.95. The molecule has 0 amide bonds. The number of rotatable bonds is 6. The molecule has 0 radical (unpaired) electrons. The topological polar surface area (TPSA) is 107 Å². The Morgan fingerprint density at radius 3 is 2.56 bits per heavy atom. The number of nitrogens with two attached hydrogens (primary N) is 1. The SMILES string of the molecule is Cc1c(S(=O)(=O)NCCCS(C)=O)c(N)nn1C. The molecular weight excluding hydrogens is 276 g/mol. The Morgan fingerprint density at radius 1 is 1.50 bits per heavy atom. The Bertz CT molecular complexity index is 550. The van der Waals surface area contributed by atoms with Crippen LogP contribution in [0, 0.1) is 6.92 Å². The summed E-state index contributed by atoms with van der Waals surface area (Å²) in [5.74, 6) is 0.450. The molecular formula is C9H18N4O3S2. The van der Waals surface area contributed by atoms with Gasteiger partial charge in [0.25, 0.3) is 0 Å². The summed E-state index contributed by atoms with van der Waals surface area (Å²) >= 11 is 0. The lowest BCUT2D eigenvalue weighted by Gasteiger charge is -2.06. The van der Waals surface area contributed by atoms with E-state index in [4.69, 9.17) is 5.73 Å². The lowest BCUT2D eigenvalue weighted by atomic mass is 10.5. The highest BCUT2D eigenvalue weighted by atomic mass is 32.2. The van der Waals surface area contributed by atoms with E-state index in [1.165, 1.54) is 4.68 Å². The van der Waals surface area contributed by atoms with Gasteiger partial charge in [0, 0.05) is 36.4 Å². The molecule has 0 aliphatic carbocycles. The molecule has 1 rings (SSSR count). The van der Waals surface area contributed by atoms with Gasteiger partial charge in [-0.2, -0.15) is 5.10 Å². The maximum Gasteiger partial charge on any atom is 0.246 e. The number of aryl methyl sites for hydroxylation is 1. The molecule has 0 bridgehead atoms. The van der Waals surface area contributed by atoms with Gasteiger partial charge in [0.1, 0.15) is 4.90 Å². The van der Waals surface area contributed by atoms with Crippen LogP contribution in [0.3, 0.4) is 0 Å². The van der Waals surface area contributed by atoms with Crippen molar-refractivity contribution in [1.29, 1.82) is 0 Å². The first-order chi connectivity index (χ1) is 8.25. The predicted octanol–water partition coefficient (Wildman–Crippen LogP) is -0.642. The number of nitrogens with zero attached hydrogens (tertiary/aromatic N) is 2. The monoisotopic (exact) mass is 294 g/mol. The minimum Gasteiger partial charge on any atom is -0.381 e. The van der Waals surface area contributed by atoms with E-state index in [-0.39, 0.29) is 17.3 Å². The van der Waals surface area contributed by atoms with Gasteiger partial charge in [0.05, 0.1) is 5.69 Å². The van der Waals surface area contributed by atoms with E-state index in [1.54, 1.807) is 20.2 Å². The molecule has 1 unspecified atom stereocenters. The second kappa shape index (κ2) is 5.81. The molecule has 0 aliphatic heterocycles. The van der Waals surface area contributed by atoms with Crippen molar-refractivity contribution in [3.63, 3.8) is 0 Å². The Labute approximate surface area is 109 Å². The highest BCUT2D eigenvalue weighted by Gasteiger charge is 2.23. The van der Waals surface area contributed by atoms with Gasteiger partial charge < -0.3 is 5.73 Å². The normalized spacial score (nSPS) is 13.7. The molecule has 1 aromatic rings. The van der Waals surface area contributed by atoms with Gasteiger partial charge in [0.15, 0.2) is 5.82 Å². The standard InChI is InChI=1S/C9H18N4O3S2/c1-7-8(9(10)12-13(7)2)18(15,16)11-5-4-6-17(3)14/h11H,4-6H2,1-3H3,(H2,10,12). The summed E-state index contributed by atoms with van der Waals surface area (Å²) < 4.78 is 38.7. The average Bonchev–Trinajstić information content (AvgIpc) is 2.48. The Morgan fingerprint density at radius 2 is 2.11 bits per heavy atom. The Hall–Kier alpha value is -0.930. The molecule has 0 aliphatic rings. The summed E-state index contributed by atoms with van der Waals surface area (Å²) in [6.45, 7) is 1.87. The van der Waals surface area contributed by atoms with Crippen LogP contribution in [0.2, 0.25) is 0 Å². The van der Waals surface area contributed by atoms with Crippen molar-refractivity contribution in [2.45, 2.75) is 18.2 Å². The van der Waals surface area contributed by atoms with E-state index in [0.29, 0.717) is 17.9 Å². The number of nitrogens with one attached hydrogen (secondary N) is 1. The van der Waals surface area contributed by atoms with Gasteiger partial charge in [0.2, 0.25) is 10.0 Å². The zero-order valence-corrected chi connectivity index (χ0v) is 12.3. The molecule has 3 N–H and O–H groups in total. The molecule has 0 fully saturated rings. The van der Waals surface area contributed by atoms with Gasteiger partial charge in [-0.25, -0.2) is 13.1 Å². The quantitative estimate of drug-likeness (QED) is 0.678. The highest BCUT2D eigenvalue weighted by molar-refractivity contribution is 7.89. The zero-order chi connectivity index (χ0) is 13.9. The minimum atomic E-state index is -3.66. The van der Waals surface area contributed by atoms with Gasteiger partial charge in [-0.3, -0.25) is 8.89 Å². The maximum atomic E-state index is 12.0. The summed E-state index contributed by atoms with van der Waals surface area (Å²) in [6, 6.07) is 0. The number of nitrogen functional groups attached to an aromatic ring is 1. The Kier molecular flexibility index (Phi) is 4.88. The lowest BCUT2D eigenvalue weighted by Crippen LogP contribution is -2.26. The van der Waals surface area contributed by atoms with E-state index in [0.717, 1.165) is 0 Å². The van der Waals surface area contributed by atoms with E-state index < -0.39 is 20.8 Å². The predicted molar refractivity (Wildman–Crippen MR) is 71.1 cm³/mol. The second-order valence-corrected chi connectivity index (χ2v) is 7.21. The van der Waals surface area contributed by atoms with Crippen molar-refractivity contribution >= 4 is 26.6 Å². The molecule has 0 spiro atoms. The van der Waals surface area contributed by atoms with Gasteiger partial charge in [-0.15, -0.1) is 0 Å². The van der Waals surface area contributed by atoms with Crippen molar-refractivity contribution in [3.05, 3.63) is 5.69 Å². The van der Waals surface area contributed by atoms with E-state index in [9.17, 15) is 12.6 Å². The third-order valence-electron chi connectivity index (χ3n) is 2.47. The van der Waals surface area contributed by atoms with Crippen LogP contribution in [-0.4, -0.2) is 41.0 Å². The molecule has 7 nitrogen and oxygen atoms in total. The first-order valence-corrected chi connectivity index (χ1v) is 8.55. The average molecular weight is 294 g/mol. The van der Waals surface area contributed by atoms with Crippen LogP contribution >= 0.6 is 0 Å². The van der Waals surface area contributed by atoms with Crippen LogP contribution in [0.4, 0.5) is 5.82 Å². The highest BCUT2D eigenvalue weighted by Crippen LogP contribution is 2.20. The zero-order valence-electron chi connectivity index (χ0n) is 10.6. The molecule has 18 heavy (non-hydrogen) atoms. The molecule has 0 saturated heterocycles. The number of aromatic nitrogens is 2. The van der Waals surface area contributed by atoms with Crippen molar-refractivity contribution in [1.82, 2.24) is 14.5 Å². The van der Waals surface area contributed by atoms with Gasteiger partial charge in [-0.05, 0) is 13.3 Å². The van der Waals surface area contributed by atoms with Gasteiger partial charge in [-0.1, -0.05) is 0 Å². The third-order valence-corrected chi connectivity index (χ3v) is 4.96. The third kappa shape index (κ3) is 3.53. The van der Waals surface area contributed by atoms with Crippen LogP contribution in [-0.2, 0) is 27.9 Å². The number of anilines is 1. The van der Waals surface area contributed by atoms with E-state index >= 15 is 0 Å². The van der Waals surface area contributed by atoms with Crippen molar-refractivity contribution in [2.75, 3.05) is 24.3 Å². The fraction of sp³-hybridized carbons (Fsp3) is 0.667. The largest absolute Gasteiger partial charge is 0.381 e. The summed E-state index contributed by atoms with van der Waals surface area (Å²) in [5.41, 5.74) is 6.07. The van der Waals surface area contributed by atoms with Crippen molar-refractivity contribution < 1.29 is 12.6 Å². The summed E-state index contributed by atoms with van der Waals surface area (Å²) in [6.07, 6.45) is 2.10. The summed E-state index contributed by atoms with van der Waals surface area (Å²) in [4.78, 5) is 0.0163. The smallest absolute Gasteiger partial charge is 0.246 e. The van der Waals surface area contributed by atoms with Crippen LogP contribution in [0.1, 0.15) is 12.1 Å². The summed E-state index contributed by atoms with van der Waals surface area (Å²) in [7, 11) is -2.95. The van der Waals surface area contributed by atoms with Gasteiger partial charge >= 0.3 is 0 Å². The first-order valence-electron chi connectivity index (χ1n) is 5.34. The number of sulfonamides is 1. The molecule has 1 heterocycles. The molecule has 0 aromatic carbocycles. The van der Waals surface area contributed by atoms with Crippen LogP contribution in [0.5, 0.6) is 0 Å². The number of hydrogen-bond donors (Lipinski definition) is 2. The fourth-order valence-electron chi connectivity index (χ4n) is 1.50. The molecule has 0 saturated carbocycles. The lowest BCUT2D eigenvalue weighted by molar-refractivity contribution is 0.580. The van der Waals surface area contributed by atoms with Crippen molar-refractivity contribution in [2.24, 2.45) is 7.05 Å². The molecule has 9 heteroatoms. The fourth-order valence-corrected chi connectivity index (χ4v) is 3.45. The molecule has 104 valence electrons. The molecule has 1 atom stereocenters. The number of hydrogen-bond acceptors (Lipinski definition) is 5. The maximum absolute atomic E-state index is 12.0. The van der Waals surface area contributed by atoms with Crippen LogP contribution < -0.4 is 10.5 Å². The molecule has 1 aromatic heterocycles. The minimum absolute atomic E-state index is 0.0124. The van der Waals surface area contributed by atoms with Crippen LogP contribution in [0.25, 0.3) is 0 Å². The van der Waals surface area contributed by atoms with E-state index in [1.807, 2.05) is 0 Å². The van der Waals surface area contributed by atoms with E-state index in [2.05, 4.69) is 9.82 Å².